The molecule has 21 heavy (non-hydrogen) atoms. The molecule has 0 spiro atoms. The maximum absolute atomic E-state index is 12.4. The fourth-order valence-electron chi connectivity index (χ4n) is 1.97. The summed E-state index contributed by atoms with van der Waals surface area (Å²) in [5.74, 6) is 0.260. The Morgan fingerprint density at radius 3 is 2.67 bits per heavy atom. The van der Waals surface area contributed by atoms with E-state index >= 15 is 0 Å². The molecule has 0 unspecified atom stereocenters. The van der Waals surface area contributed by atoms with E-state index in [4.69, 9.17) is 4.74 Å². The van der Waals surface area contributed by atoms with Gasteiger partial charge in [0.1, 0.15) is 11.5 Å². The van der Waals surface area contributed by atoms with E-state index in [1.807, 2.05) is 12.1 Å². The van der Waals surface area contributed by atoms with Crippen LogP contribution in [0.5, 0.6) is 11.5 Å². The maximum Gasteiger partial charge on any atom is 0.257 e. The number of hydrogen-bond donors (Lipinski definition) is 1. The van der Waals surface area contributed by atoms with Crippen LogP contribution in [-0.4, -0.2) is 41.6 Å². The molecule has 5 heteroatoms. The third kappa shape index (κ3) is 3.72. The quantitative estimate of drug-likeness (QED) is 0.914. The number of nitrogens with zero attached hydrogens (tertiary/aromatic N) is 2. The molecule has 1 amide bonds. The highest BCUT2D eigenvalue weighted by atomic mass is 16.5. The zero-order valence-electron chi connectivity index (χ0n) is 12.1. The maximum atomic E-state index is 12.4. The summed E-state index contributed by atoms with van der Waals surface area (Å²) in [4.78, 5) is 17.9. The van der Waals surface area contributed by atoms with Crippen LogP contribution in [0.4, 0.5) is 0 Å². The first-order valence-corrected chi connectivity index (χ1v) is 6.63. The number of carbonyl (C=O) groups is 1. The number of carbonyl (C=O) groups excluding carboxylic acids is 1. The Morgan fingerprint density at radius 2 is 2.00 bits per heavy atom. The lowest BCUT2D eigenvalue weighted by Gasteiger charge is -2.18. The number of phenolic OH excluding ortho intramolecular Hbond substituents is 1. The second kappa shape index (κ2) is 6.74. The monoisotopic (exact) mass is 286 g/mol. The number of aromatic nitrogens is 1. The molecule has 0 aliphatic rings. The summed E-state index contributed by atoms with van der Waals surface area (Å²) >= 11 is 0. The molecule has 0 saturated heterocycles. The van der Waals surface area contributed by atoms with Gasteiger partial charge in [0, 0.05) is 26.0 Å². The molecule has 1 heterocycles. The van der Waals surface area contributed by atoms with E-state index < -0.39 is 0 Å². The molecule has 0 bridgehead atoms. The number of likely N-dealkylation sites (N-methyl/N-ethyl adjacent to an activating group) is 1. The molecule has 0 saturated carbocycles. The van der Waals surface area contributed by atoms with E-state index in [1.165, 1.54) is 13.2 Å². The highest BCUT2D eigenvalue weighted by Crippen LogP contribution is 2.24. The molecule has 2 rings (SSSR count). The highest BCUT2D eigenvalue weighted by molar-refractivity contribution is 5.97. The fraction of sp³-hybridized carbons (Fsp3) is 0.250. The number of rotatable bonds is 5. The van der Waals surface area contributed by atoms with Gasteiger partial charge in [-0.1, -0.05) is 0 Å². The van der Waals surface area contributed by atoms with E-state index in [9.17, 15) is 9.90 Å². The second-order valence-corrected chi connectivity index (χ2v) is 4.72. The summed E-state index contributed by atoms with van der Waals surface area (Å²) < 4.78 is 5.08. The minimum atomic E-state index is -0.236. The minimum absolute atomic E-state index is 0.0449. The van der Waals surface area contributed by atoms with Gasteiger partial charge in [0.25, 0.3) is 5.91 Å². The molecule has 1 aromatic carbocycles. The van der Waals surface area contributed by atoms with Gasteiger partial charge in [-0.2, -0.15) is 0 Å². The molecule has 0 radical (unpaired) electrons. The lowest BCUT2D eigenvalue weighted by molar-refractivity contribution is 0.0793. The largest absolute Gasteiger partial charge is 0.507 e. The first-order valence-electron chi connectivity index (χ1n) is 6.63. The van der Waals surface area contributed by atoms with E-state index in [0.29, 0.717) is 12.3 Å². The van der Waals surface area contributed by atoms with Crippen LogP contribution in [0.2, 0.25) is 0 Å². The normalized spacial score (nSPS) is 10.2. The van der Waals surface area contributed by atoms with Crippen LogP contribution >= 0.6 is 0 Å². The van der Waals surface area contributed by atoms with E-state index in [2.05, 4.69) is 4.98 Å². The Morgan fingerprint density at radius 1 is 1.29 bits per heavy atom. The average Bonchev–Trinajstić information content (AvgIpc) is 2.53. The lowest BCUT2D eigenvalue weighted by Crippen LogP contribution is -2.28. The van der Waals surface area contributed by atoms with Gasteiger partial charge in [-0.3, -0.25) is 9.78 Å². The van der Waals surface area contributed by atoms with Gasteiger partial charge >= 0.3 is 0 Å². The predicted molar refractivity (Wildman–Crippen MR) is 79.6 cm³/mol. The number of phenols is 1. The summed E-state index contributed by atoms with van der Waals surface area (Å²) in [7, 11) is 3.23. The smallest absolute Gasteiger partial charge is 0.257 e. The van der Waals surface area contributed by atoms with Crippen molar-refractivity contribution in [1.82, 2.24) is 9.88 Å². The molecule has 110 valence electrons. The minimum Gasteiger partial charge on any atom is -0.507 e. The summed E-state index contributed by atoms with van der Waals surface area (Å²) in [6, 6.07) is 8.45. The van der Waals surface area contributed by atoms with Crippen LogP contribution in [0.15, 0.2) is 42.7 Å². The van der Waals surface area contributed by atoms with Crippen molar-refractivity contribution < 1.29 is 14.6 Å². The average molecular weight is 286 g/mol. The standard InChI is InChI=1S/C16H18N2O3/c1-18(10-7-12-5-8-17-9-6-12)16(20)14-11-13(21-2)3-4-15(14)19/h3-6,8-9,11,19H,7,10H2,1-2H3. The van der Waals surface area contributed by atoms with Crippen molar-refractivity contribution in [3.8, 4) is 11.5 Å². The van der Waals surface area contributed by atoms with E-state index in [-0.39, 0.29) is 17.2 Å². The van der Waals surface area contributed by atoms with Crippen LogP contribution in [0.25, 0.3) is 0 Å². The van der Waals surface area contributed by atoms with Crippen molar-refractivity contribution >= 4 is 5.91 Å². The van der Waals surface area contributed by atoms with Gasteiger partial charge in [-0.25, -0.2) is 0 Å². The van der Waals surface area contributed by atoms with Crippen molar-refractivity contribution in [3.63, 3.8) is 0 Å². The molecule has 0 aliphatic heterocycles. The summed E-state index contributed by atoms with van der Waals surface area (Å²) in [5.41, 5.74) is 1.35. The lowest BCUT2D eigenvalue weighted by atomic mass is 10.1. The van der Waals surface area contributed by atoms with Crippen LogP contribution in [0, 0.1) is 0 Å². The van der Waals surface area contributed by atoms with Crippen LogP contribution in [0.3, 0.4) is 0 Å². The molecule has 1 N–H and O–H groups in total. The third-order valence-electron chi connectivity index (χ3n) is 3.27. The van der Waals surface area contributed by atoms with Crippen molar-refractivity contribution in [2.75, 3.05) is 20.7 Å². The highest BCUT2D eigenvalue weighted by Gasteiger charge is 2.16. The van der Waals surface area contributed by atoms with E-state index in [1.54, 1.807) is 36.5 Å². The number of methoxy groups -OCH3 is 1. The van der Waals surface area contributed by atoms with Crippen LogP contribution < -0.4 is 4.74 Å². The summed E-state index contributed by atoms with van der Waals surface area (Å²) in [6.07, 6.45) is 4.19. The molecular formula is C16H18N2O3. The number of hydrogen-bond acceptors (Lipinski definition) is 4. The Bertz CT molecular complexity index is 614. The summed E-state index contributed by atoms with van der Waals surface area (Å²) in [6.45, 7) is 0.555. The van der Waals surface area contributed by atoms with Gasteiger partial charge in [0.2, 0.25) is 0 Å². The first kappa shape index (κ1) is 14.8. The molecule has 0 fully saturated rings. The van der Waals surface area contributed by atoms with Gasteiger partial charge in [0.15, 0.2) is 0 Å². The molecular weight excluding hydrogens is 268 g/mol. The topological polar surface area (TPSA) is 62.7 Å². The van der Waals surface area contributed by atoms with Crippen molar-refractivity contribution in [1.29, 1.82) is 0 Å². The fourth-order valence-corrected chi connectivity index (χ4v) is 1.97. The Balaban J connectivity index is 2.05. The van der Waals surface area contributed by atoms with Crippen molar-refractivity contribution in [3.05, 3.63) is 53.9 Å². The molecule has 0 atom stereocenters. The van der Waals surface area contributed by atoms with Crippen molar-refractivity contribution in [2.24, 2.45) is 0 Å². The first-order chi connectivity index (χ1) is 10.1. The number of pyridine rings is 1. The molecule has 5 nitrogen and oxygen atoms in total. The number of amides is 1. The predicted octanol–water partition coefficient (Wildman–Crippen LogP) is 2.11. The van der Waals surface area contributed by atoms with Gasteiger partial charge in [-0.15, -0.1) is 0 Å². The van der Waals surface area contributed by atoms with Crippen LogP contribution in [0.1, 0.15) is 15.9 Å². The number of ether oxygens (including phenoxy) is 1. The molecule has 1 aromatic heterocycles. The van der Waals surface area contributed by atoms with E-state index in [0.717, 1.165) is 12.0 Å². The van der Waals surface area contributed by atoms with Gasteiger partial charge in [0.05, 0.1) is 12.7 Å². The number of aromatic hydroxyl groups is 1. The van der Waals surface area contributed by atoms with Crippen molar-refractivity contribution in [2.45, 2.75) is 6.42 Å². The molecule has 2 aromatic rings. The third-order valence-corrected chi connectivity index (χ3v) is 3.27. The summed E-state index contributed by atoms with van der Waals surface area (Å²) in [5, 5.41) is 9.82. The number of benzene rings is 1. The van der Waals surface area contributed by atoms with Gasteiger partial charge in [-0.05, 0) is 42.3 Å². The SMILES string of the molecule is COc1ccc(O)c(C(=O)N(C)CCc2ccncc2)c1. The van der Waals surface area contributed by atoms with Crippen LogP contribution in [-0.2, 0) is 6.42 Å². The zero-order chi connectivity index (χ0) is 15.2. The Hall–Kier alpha value is -2.56. The second-order valence-electron chi connectivity index (χ2n) is 4.72. The molecule has 0 aliphatic carbocycles. The zero-order valence-corrected chi connectivity index (χ0v) is 12.1. The Labute approximate surface area is 123 Å². The van der Waals surface area contributed by atoms with Gasteiger partial charge < -0.3 is 14.7 Å². The Kier molecular flexibility index (Phi) is 4.77.